The van der Waals surface area contributed by atoms with Crippen molar-refractivity contribution in [1.29, 1.82) is 0 Å². The van der Waals surface area contributed by atoms with E-state index in [0.717, 1.165) is 32.4 Å². The summed E-state index contributed by atoms with van der Waals surface area (Å²) in [5.41, 5.74) is 0. The van der Waals surface area contributed by atoms with Crippen LogP contribution < -0.4 is 5.32 Å². The third-order valence-electron chi connectivity index (χ3n) is 3.79. The van der Waals surface area contributed by atoms with E-state index in [-0.39, 0.29) is 17.9 Å². The number of carbonyl (C=O) groups excluding carboxylic acids is 2. The Kier molecular flexibility index (Phi) is 3.59. The molecule has 2 rings (SSSR count). The van der Waals surface area contributed by atoms with E-state index < -0.39 is 0 Å². The smallest absolute Gasteiger partial charge is 0.229 e. The Bertz CT molecular complexity index is 269. The number of likely N-dealkylation sites (tertiary alicyclic amines) is 1. The van der Waals surface area contributed by atoms with Crippen molar-refractivity contribution < 1.29 is 9.59 Å². The minimum atomic E-state index is 0.0299. The van der Waals surface area contributed by atoms with Crippen LogP contribution in [0.4, 0.5) is 0 Å². The fraction of sp³-hybridized carbons (Fsp3) is 0.833. The number of carbonyl (C=O) groups is 2. The zero-order chi connectivity index (χ0) is 11.5. The van der Waals surface area contributed by atoms with Gasteiger partial charge in [0.25, 0.3) is 0 Å². The monoisotopic (exact) mass is 224 g/mol. The first-order chi connectivity index (χ1) is 7.70. The molecule has 2 aliphatic heterocycles. The summed E-state index contributed by atoms with van der Waals surface area (Å²) >= 11 is 0. The molecule has 0 aliphatic carbocycles. The summed E-state index contributed by atoms with van der Waals surface area (Å²) in [4.78, 5) is 25.1. The summed E-state index contributed by atoms with van der Waals surface area (Å²) in [6.07, 6.45) is 3.95. The molecule has 0 bridgehead atoms. The van der Waals surface area contributed by atoms with Crippen molar-refractivity contribution in [2.45, 2.75) is 45.1 Å². The topological polar surface area (TPSA) is 49.4 Å². The van der Waals surface area contributed by atoms with Gasteiger partial charge < -0.3 is 5.32 Å². The Labute approximate surface area is 96.4 Å². The van der Waals surface area contributed by atoms with Gasteiger partial charge in [-0.3, -0.25) is 14.5 Å². The van der Waals surface area contributed by atoms with E-state index in [1.54, 1.807) is 0 Å². The van der Waals surface area contributed by atoms with Gasteiger partial charge in [-0.25, -0.2) is 0 Å². The molecule has 16 heavy (non-hydrogen) atoms. The molecular formula is C12H20N2O2. The van der Waals surface area contributed by atoms with E-state index >= 15 is 0 Å². The molecule has 2 aliphatic rings. The minimum Gasteiger partial charge on any atom is -0.317 e. The van der Waals surface area contributed by atoms with Crippen LogP contribution >= 0.6 is 0 Å². The molecule has 2 fully saturated rings. The van der Waals surface area contributed by atoms with Crippen molar-refractivity contribution in [1.82, 2.24) is 10.2 Å². The van der Waals surface area contributed by atoms with Crippen molar-refractivity contribution in [2.24, 2.45) is 5.92 Å². The summed E-state index contributed by atoms with van der Waals surface area (Å²) in [6.45, 7) is 4.04. The predicted molar refractivity (Wildman–Crippen MR) is 60.8 cm³/mol. The van der Waals surface area contributed by atoms with Crippen molar-refractivity contribution in [3.8, 4) is 0 Å². The van der Waals surface area contributed by atoms with Crippen molar-refractivity contribution in [2.75, 3.05) is 13.1 Å². The highest BCUT2D eigenvalue weighted by Gasteiger charge is 2.34. The lowest BCUT2D eigenvalue weighted by Gasteiger charge is -2.37. The maximum atomic E-state index is 11.8. The highest BCUT2D eigenvalue weighted by molar-refractivity contribution is 5.97. The Morgan fingerprint density at radius 1 is 1.19 bits per heavy atom. The molecule has 0 aromatic rings. The van der Waals surface area contributed by atoms with E-state index in [0.29, 0.717) is 18.8 Å². The lowest BCUT2D eigenvalue weighted by atomic mass is 9.89. The molecule has 1 unspecified atom stereocenters. The lowest BCUT2D eigenvalue weighted by molar-refractivity contribution is -0.152. The van der Waals surface area contributed by atoms with Crippen molar-refractivity contribution in [3.05, 3.63) is 0 Å². The van der Waals surface area contributed by atoms with Crippen LogP contribution in [0.2, 0.25) is 0 Å². The fourth-order valence-corrected chi connectivity index (χ4v) is 2.76. The number of rotatable bonds is 2. The predicted octanol–water partition coefficient (Wildman–Crippen LogP) is 0.914. The van der Waals surface area contributed by atoms with Gasteiger partial charge in [-0.05, 0) is 45.2 Å². The van der Waals surface area contributed by atoms with E-state index in [1.165, 1.54) is 4.90 Å². The number of nitrogens with zero attached hydrogens (tertiary/aromatic N) is 1. The second-order valence-corrected chi connectivity index (χ2v) is 4.84. The normalized spacial score (nSPS) is 25.9. The number of hydrogen-bond acceptors (Lipinski definition) is 3. The Balaban J connectivity index is 2.03. The van der Waals surface area contributed by atoms with E-state index in [9.17, 15) is 9.59 Å². The summed E-state index contributed by atoms with van der Waals surface area (Å²) in [5, 5.41) is 3.31. The first kappa shape index (κ1) is 11.6. The van der Waals surface area contributed by atoms with Gasteiger partial charge in [0.15, 0.2) is 0 Å². The molecule has 0 radical (unpaired) electrons. The average Bonchev–Trinajstić information content (AvgIpc) is 2.30. The third kappa shape index (κ3) is 2.26. The molecule has 4 nitrogen and oxygen atoms in total. The summed E-state index contributed by atoms with van der Waals surface area (Å²) in [6, 6.07) is 0.0856. The SMILES string of the molecule is CC(C1CCNCC1)N1C(=O)CCCC1=O. The molecule has 0 saturated carbocycles. The number of amides is 2. The van der Waals surface area contributed by atoms with Crippen LogP contribution in [0.1, 0.15) is 39.0 Å². The Morgan fingerprint density at radius 3 is 2.31 bits per heavy atom. The van der Waals surface area contributed by atoms with Crippen LogP contribution in [0.15, 0.2) is 0 Å². The van der Waals surface area contributed by atoms with Crippen molar-refractivity contribution in [3.63, 3.8) is 0 Å². The maximum Gasteiger partial charge on any atom is 0.229 e. The van der Waals surface area contributed by atoms with Crippen LogP contribution in [0.25, 0.3) is 0 Å². The highest BCUT2D eigenvalue weighted by Crippen LogP contribution is 2.24. The average molecular weight is 224 g/mol. The molecule has 0 aromatic heterocycles. The summed E-state index contributed by atoms with van der Waals surface area (Å²) < 4.78 is 0. The second-order valence-electron chi connectivity index (χ2n) is 4.84. The standard InChI is InChI=1S/C12H20N2O2/c1-9(10-5-7-13-8-6-10)14-11(15)3-2-4-12(14)16/h9-10,13H,2-8H2,1H3. The van der Waals surface area contributed by atoms with Crippen LogP contribution in [0, 0.1) is 5.92 Å². The van der Waals surface area contributed by atoms with Gasteiger partial charge in [0, 0.05) is 18.9 Å². The first-order valence-corrected chi connectivity index (χ1v) is 6.26. The Morgan fingerprint density at radius 2 is 1.75 bits per heavy atom. The minimum absolute atomic E-state index is 0.0299. The van der Waals surface area contributed by atoms with E-state index in [4.69, 9.17) is 0 Å². The number of hydrogen-bond donors (Lipinski definition) is 1. The molecule has 1 N–H and O–H groups in total. The van der Waals surface area contributed by atoms with Crippen LogP contribution in [-0.4, -0.2) is 35.8 Å². The molecule has 2 saturated heterocycles. The highest BCUT2D eigenvalue weighted by atomic mass is 16.2. The van der Waals surface area contributed by atoms with Gasteiger partial charge >= 0.3 is 0 Å². The van der Waals surface area contributed by atoms with Gasteiger partial charge in [-0.15, -0.1) is 0 Å². The second kappa shape index (κ2) is 4.95. The van der Waals surface area contributed by atoms with Gasteiger partial charge in [0.2, 0.25) is 11.8 Å². The molecule has 2 heterocycles. The lowest BCUT2D eigenvalue weighted by Crippen LogP contribution is -2.50. The van der Waals surface area contributed by atoms with Crippen LogP contribution in [-0.2, 0) is 9.59 Å². The maximum absolute atomic E-state index is 11.8. The molecule has 2 amide bonds. The summed E-state index contributed by atoms with van der Waals surface area (Å²) in [5.74, 6) is 0.539. The summed E-state index contributed by atoms with van der Waals surface area (Å²) in [7, 11) is 0. The molecule has 4 heteroatoms. The fourth-order valence-electron chi connectivity index (χ4n) is 2.76. The zero-order valence-electron chi connectivity index (χ0n) is 9.87. The van der Waals surface area contributed by atoms with E-state index in [1.807, 2.05) is 6.92 Å². The molecule has 1 atom stereocenters. The molecule has 90 valence electrons. The van der Waals surface area contributed by atoms with Gasteiger partial charge in [0.1, 0.15) is 0 Å². The van der Waals surface area contributed by atoms with Crippen molar-refractivity contribution >= 4 is 11.8 Å². The quantitative estimate of drug-likeness (QED) is 0.709. The largest absolute Gasteiger partial charge is 0.317 e. The third-order valence-corrected chi connectivity index (χ3v) is 3.79. The Hall–Kier alpha value is -0.900. The van der Waals surface area contributed by atoms with Gasteiger partial charge in [0.05, 0.1) is 0 Å². The van der Waals surface area contributed by atoms with Crippen LogP contribution in [0.5, 0.6) is 0 Å². The molecule has 0 aromatic carbocycles. The van der Waals surface area contributed by atoms with Gasteiger partial charge in [-0.2, -0.15) is 0 Å². The zero-order valence-corrected chi connectivity index (χ0v) is 9.87. The number of imide groups is 1. The number of piperidine rings is 2. The van der Waals surface area contributed by atoms with Crippen LogP contribution in [0.3, 0.4) is 0 Å². The molecule has 0 spiro atoms. The van der Waals surface area contributed by atoms with Gasteiger partial charge in [-0.1, -0.05) is 0 Å². The first-order valence-electron chi connectivity index (χ1n) is 6.26. The number of nitrogens with one attached hydrogen (secondary N) is 1. The molecular weight excluding hydrogens is 204 g/mol. The van der Waals surface area contributed by atoms with E-state index in [2.05, 4.69) is 5.32 Å².